The van der Waals surface area contributed by atoms with Crippen LogP contribution in [0.15, 0.2) is 30.3 Å². The second kappa shape index (κ2) is 8.81. The van der Waals surface area contributed by atoms with E-state index in [0.717, 1.165) is 18.7 Å². The quantitative estimate of drug-likeness (QED) is 0.822. The van der Waals surface area contributed by atoms with Gasteiger partial charge < -0.3 is 10.1 Å². The lowest BCUT2D eigenvalue weighted by molar-refractivity contribution is -0.133. The van der Waals surface area contributed by atoms with Crippen molar-refractivity contribution in [2.45, 2.75) is 59.3 Å². The van der Waals surface area contributed by atoms with Gasteiger partial charge in [0.2, 0.25) is 5.91 Å². The minimum atomic E-state index is -0.449. The maximum atomic E-state index is 12.4. The maximum absolute atomic E-state index is 12.4. The Morgan fingerprint density at radius 1 is 1.24 bits per heavy atom. The van der Waals surface area contributed by atoms with E-state index in [-0.39, 0.29) is 11.4 Å². The van der Waals surface area contributed by atoms with Crippen LogP contribution < -0.4 is 5.32 Å². The Bertz CT molecular complexity index is 534. The van der Waals surface area contributed by atoms with E-state index in [4.69, 9.17) is 4.74 Å². The molecular formula is C21H34N2O2. The molecule has 4 nitrogen and oxygen atoms in total. The van der Waals surface area contributed by atoms with Gasteiger partial charge in [0, 0.05) is 25.2 Å². The molecule has 2 rings (SSSR count). The molecule has 0 radical (unpaired) electrons. The average Bonchev–Trinajstić information content (AvgIpc) is 2.57. The molecule has 1 aliphatic heterocycles. The number of nitrogens with zero attached hydrogens (tertiary/aromatic N) is 1. The van der Waals surface area contributed by atoms with E-state index in [1.807, 2.05) is 37.3 Å². The molecule has 0 aliphatic carbocycles. The summed E-state index contributed by atoms with van der Waals surface area (Å²) in [6.45, 7) is 14.2. The Morgan fingerprint density at radius 3 is 2.44 bits per heavy atom. The second-order valence-corrected chi connectivity index (χ2v) is 8.32. The summed E-state index contributed by atoms with van der Waals surface area (Å²) in [7, 11) is 0. The highest BCUT2D eigenvalue weighted by molar-refractivity contribution is 5.80. The van der Waals surface area contributed by atoms with Crippen molar-refractivity contribution < 1.29 is 9.53 Å². The molecule has 1 fully saturated rings. The zero-order valence-corrected chi connectivity index (χ0v) is 16.4. The number of ether oxygens (including phenoxy) is 1. The van der Waals surface area contributed by atoms with Crippen LogP contribution >= 0.6 is 0 Å². The lowest BCUT2D eigenvalue weighted by Gasteiger charge is -2.45. The molecule has 0 bridgehead atoms. The summed E-state index contributed by atoms with van der Waals surface area (Å²) in [6.07, 6.45) is 0.846. The third kappa shape index (κ3) is 6.12. The summed E-state index contributed by atoms with van der Waals surface area (Å²) < 4.78 is 5.71. The van der Waals surface area contributed by atoms with Gasteiger partial charge in [-0.15, -0.1) is 0 Å². The summed E-state index contributed by atoms with van der Waals surface area (Å²) >= 11 is 0. The lowest BCUT2D eigenvalue weighted by atomic mass is 9.88. The third-order valence-corrected chi connectivity index (χ3v) is 5.13. The van der Waals surface area contributed by atoms with Gasteiger partial charge in [-0.3, -0.25) is 9.69 Å². The van der Waals surface area contributed by atoms with Crippen LogP contribution in [0.2, 0.25) is 0 Å². The fraction of sp³-hybridized carbons (Fsp3) is 0.667. The smallest absolute Gasteiger partial charge is 0.248 e. The second-order valence-electron chi connectivity index (χ2n) is 8.32. The van der Waals surface area contributed by atoms with E-state index in [2.05, 4.69) is 37.9 Å². The molecule has 0 aromatic heterocycles. The van der Waals surface area contributed by atoms with E-state index in [1.165, 1.54) is 6.42 Å². The van der Waals surface area contributed by atoms with Crippen LogP contribution in [0.5, 0.6) is 0 Å². The first-order valence-electron chi connectivity index (χ1n) is 9.46. The SMILES string of the molecule is CC1CC(C)CN(C(C)(C)CNC(=O)C(C)OCc2ccccc2)C1. The minimum absolute atomic E-state index is 0.0397. The molecule has 140 valence electrons. The molecular weight excluding hydrogens is 312 g/mol. The highest BCUT2D eigenvalue weighted by atomic mass is 16.5. The number of benzene rings is 1. The fourth-order valence-corrected chi connectivity index (χ4v) is 3.59. The average molecular weight is 347 g/mol. The van der Waals surface area contributed by atoms with Crippen molar-refractivity contribution in [3.63, 3.8) is 0 Å². The van der Waals surface area contributed by atoms with Gasteiger partial charge in [0.05, 0.1) is 6.61 Å². The summed E-state index contributed by atoms with van der Waals surface area (Å²) in [6, 6.07) is 9.95. The third-order valence-electron chi connectivity index (χ3n) is 5.13. The largest absolute Gasteiger partial charge is 0.364 e. The topological polar surface area (TPSA) is 41.6 Å². The normalized spacial score (nSPS) is 23.2. The van der Waals surface area contributed by atoms with Crippen molar-refractivity contribution in [2.75, 3.05) is 19.6 Å². The van der Waals surface area contributed by atoms with Crippen molar-refractivity contribution in [3.05, 3.63) is 35.9 Å². The number of rotatable bonds is 7. The Hall–Kier alpha value is -1.39. The molecule has 1 aromatic carbocycles. The number of nitrogens with one attached hydrogen (secondary N) is 1. The van der Waals surface area contributed by atoms with E-state index in [1.54, 1.807) is 0 Å². The number of carbonyl (C=O) groups excluding carboxylic acids is 1. The van der Waals surface area contributed by atoms with E-state index in [0.29, 0.717) is 25.0 Å². The van der Waals surface area contributed by atoms with Gasteiger partial charge in [0.1, 0.15) is 6.10 Å². The highest BCUT2D eigenvalue weighted by Gasteiger charge is 2.33. The number of likely N-dealkylation sites (tertiary alicyclic amines) is 1. The number of piperidine rings is 1. The van der Waals surface area contributed by atoms with Crippen LogP contribution in [0.4, 0.5) is 0 Å². The molecule has 1 heterocycles. The van der Waals surface area contributed by atoms with Gasteiger partial charge in [-0.2, -0.15) is 0 Å². The van der Waals surface area contributed by atoms with Crippen molar-refractivity contribution in [1.82, 2.24) is 10.2 Å². The number of carbonyl (C=O) groups is 1. The molecule has 25 heavy (non-hydrogen) atoms. The maximum Gasteiger partial charge on any atom is 0.248 e. The number of amides is 1. The van der Waals surface area contributed by atoms with Gasteiger partial charge in [-0.05, 0) is 44.6 Å². The van der Waals surface area contributed by atoms with Crippen molar-refractivity contribution in [3.8, 4) is 0 Å². The van der Waals surface area contributed by atoms with Crippen LogP contribution in [0.1, 0.15) is 46.6 Å². The molecule has 0 spiro atoms. The fourth-order valence-electron chi connectivity index (χ4n) is 3.59. The van der Waals surface area contributed by atoms with Crippen LogP contribution in [-0.2, 0) is 16.1 Å². The van der Waals surface area contributed by atoms with Crippen molar-refractivity contribution >= 4 is 5.91 Å². The zero-order chi connectivity index (χ0) is 18.4. The van der Waals surface area contributed by atoms with Crippen LogP contribution in [0.3, 0.4) is 0 Å². The molecule has 4 heteroatoms. The molecule has 0 saturated carbocycles. The summed E-state index contributed by atoms with van der Waals surface area (Å²) in [5, 5.41) is 3.08. The van der Waals surface area contributed by atoms with E-state index >= 15 is 0 Å². The van der Waals surface area contributed by atoms with Gasteiger partial charge in [-0.1, -0.05) is 44.2 Å². The monoisotopic (exact) mass is 346 g/mol. The Morgan fingerprint density at radius 2 is 1.84 bits per heavy atom. The van der Waals surface area contributed by atoms with E-state index < -0.39 is 6.10 Å². The van der Waals surface area contributed by atoms with Crippen molar-refractivity contribution in [2.24, 2.45) is 11.8 Å². The Balaban J connectivity index is 1.79. The Kier molecular flexibility index (Phi) is 7.03. The standard InChI is InChI=1S/C21H34N2O2/c1-16-11-17(2)13-23(12-16)21(4,5)15-22-20(24)18(3)25-14-19-9-7-6-8-10-19/h6-10,16-18H,11-15H2,1-5H3,(H,22,24). The zero-order valence-electron chi connectivity index (χ0n) is 16.4. The first kappa shape index (κ1) is 19.9. The minimum Gasteiger partial charge on any atom is -0.364 e. The number of hydrogen-bond donors (Lipinski definition) is 1. The molecule has 1 saturated heterocycles. The Labute approximate surface area is 152 Å². The molecule has 1 aliphatic rings. The van der Waals surface area contributed by atoms with E-state index in [9.17, 15) is 4.79 Å². The molecule has 1 amide bonds. The molecule has 1 N–H and O–H groups in total. The lowest BCUT2D eigenvalue weighted by Crippen LogP contribution is -2.56. The van der Waals surface area contributed by atoms with Crippen LogP contribution in [0, 0.1) is 11.8 Å². The summed E-state index contributed by atoms with van der Waals surface area (Å²) in [5.41, 5.74) is 1.04. The van der Waals surface area contributed by atoms with Gasteiger partial charge in [0.15, 0.2) is 0 Å². The van der Waals surface area contributed by atoms with Gasteiger partial charge in [-0.25, -0.2) is 0 Å². The van der Waals surface area contributed by atoms with Crippen molar-refractivity contribution in [1.29, 1.82) is 0 Å². The summed E-state index contributed by atoms with van der Waals surface area (Å²) in [4.78, 5) is 14.9. The predicted molar refractivity (Wildman–Crippen MR) is 102 cm³/mol. The first-order chi connectivity index (χ1) is 11.8. The molecule has 1 aromatic rings. The number of hydrogen-bond acceptors (Lipinski definition) is 3. The van der Waals surface area contributed by atoms with Crippen LogP contribution in [0.25, 0.3) is 0 Å². The molecule has 3 atom stereocenters. The predicted octanol–water partition coefficient (Wildman–Crippen LogP) is 3.46. The first-order valence-corrected chi connectivity index (χ1v) is 9.46. The van der Waals surface area contributed by atoms with Gasteiger partial charge >= 0.3 is 0 Å². The molecule has 3 unspecified atom stereocenters. The summed E-state index contributed by atoms with van der Waals surface area (Å²) in [5.74, 6) is 1.39. The van der Waals surface area contributed by atoms with Gasteiger partial charge in [0.25, 0.3) is 0 Å². The highest BCUT2D eigenvalue weighted by Crippen LogP contribution is 2.26. The van der Waals surface area contributed by atoms with Crippen LogP contribution in [-0.4, -0.2) is 42.1 Å².